The molecule has 0 heteroatoms. The molecule has 2 rings (SSSR count). The molecule has 0 radical (unpaired) electrons. The lowest BCUT2D eigenvalue weighted by Crippen LogP contribution is -2.11. The fourth-order valence-electron chi connectivity index (χ4n) is 3.44. The first kappa shape index (κ1) is 11.0. The molecule has 0 nitrogen and oxygen atoms in total. The second kappa shape index (κ2) is 4.15. The van der Waals surface area contributed by atoms with Crippen molar-refractivity contribution in [1.29, 1.82) is 0 Å². The van der Waals surface area contributed by atoms with Crippen molar-refractivity contribution in [2.45, 2.75) is 52.9 Å². The third kappa shape index (κ3) is 2.04. The van der Waals surface area contributed by atoms with Gasteiger partial charge in [-0.1, -0.05) is 30.2 Å². The standard InChI is InChI=1S/C15H24/c1-10(2)13-7-5-11(3)14-8-6-12(4)15(14)9-13/h12-13,15H,1,5-9H2,2-4H3/t12-,13+,15+/m1/s1. The first-order chi connectivity index (χ1) is 7.09. The van der Waals surface area contributed by atoms with E-state index in [1.54, 1.807) is 5.57 Å². The summed E-state index contributed by atoms with van der Waals surface area (Å²) in [5.74, 6) is 2.58. The molecule has 0 heterocycles. The predicted molar refractivity (Wildman–Crippen MR) is 66.7 cm³/mol. The zero-order valence-corrected chi connectivity index (χ0v) is 10.5. The lowest BCUT2D eigenvalue weighted by atomic mass is 9.83. The fraction of sp³-hybridized carbons (Fsp3) is 0.733. The monoisotopic (exact) mass is 204 g/mol. The minimum absolute atomic E-state index is 0.781. The minimum atomic E-state index is 0.781. The van der Waals surface area contributed by atoms with E-state index in [9.17, 15) is 0 Å². The Morgan fingerprint density at radius 2 is 2.00 bits per heavy atom. The highest BCUT2D eigenvalue weighted by Gasteiger charge is 2.33. The Bertz CT molecular complexity index is 295. The first-order valence-corrected chi connectivity index (χ1v) is 6.43. The summed E-state index contributed by atoms with van der Waals surface area (Å²) in [5.41, 5.74) is 4.92. The van der Waals surface area contributed by atoms with Crippen LogP contribution in [-0.4, -0.2) is 0 Å². The third-order valence-corrected chi connectivity index (χ3v) is 4.65. The van der Waals surface area contributed by atoms with E-state index in [2.05, 4.69) is 27.4 Å². The number of hydrogen-bond donors (Lipinski definition) is 0. The van der Waals surface area contributed by atoms with Gasteiger partial charge in [-0.15, -0.1) is 0 Å². The minimum Gasteiger partial charge on any atom is -0.0999 e. The van der Waals surface area contributed by atoms with Crippen molar-refractivity contribution < 1.29 is 0 Å². The summed E-state index contributed by atoms with van der Waals surface area (Å²) in [7, 11) is 0. The van der Waals surface area contributed by atoms with E-state index in [0.29, 0.717) is 0 Å². The van der Waals surface area contributed by atoms with Crippen LogP contribution in [0.25, 0.3) is 0 Å². The van der Waals surface area contributed by atoms with Gasteiger partial charge >= 0.3 is 0 Å². The van der Waals surface area contributed by atoms with Crippen LogP contribution in [0, 0.1) is 17.8 Å². The lowest BCUT2D eigenvalue weighted by molar-refractivity contribution is 0.374. The second-order valence-corrected chi connectivity index (χ2v) is 5.75. The van der Waals surface area contributed by atoms with Crippen molar-refractivity contribution in [3.05, 3.63) is 23.3 Å². The molecule has 0 spiro atoms. The van der Waals surface area contributed by atoms with Crippen LogP contribution in [0.15, 0.2) is 23.3 Å². The highest BCUT2D eigenvalue weighted by Crippen LogP contribution is 2.46. The van der Waals surface area contributed by atoms with Gasteiger partial charge in [0.2, 0.25) is 0 Å². The van der Waals surface area contributed by atoms with E-state index >= 15 is 0 Å². The highest BCUT2D eigenvalue weighted by molar-refractivity contribution is 5.23. The summed E-state index contributed by atoms with van der Waals surface area (Å²) in [6.07, 6.45) is 6.83. The summed E-state index contributed by atoms with van der Waals surface area (Å²) in [6, 6.07) is 0. The zero-order chi connectivity index (χ0) is 11.0. The van der Waals surface area contributed by atoms with Gasteiger partial charge in [-0.25, -0.2) is 0 Å². The molecule has 0 bridgehead atoms. The van der Waals surface area contributed by atoms with Gasteiger partial charge in [-0.05, 0) is 63.7 Å². The van der Waals surface area contributed by atoms with E-state index < -0.39 is 0 Å². The Labute approximate surface area is 94.5 Å². The average molecular weight is 204 g/mol. The van der Waals surface area contributed by atoms with E-state index in [-0.39, 0.29) is 0 Å². The number of hydrogen-bond acceptors (Lipinski definition) is 0. The van der Waals surface area contributed by atoms with E-state index in [0.717, 1.165) is 17.8 Å². The fourth-order valence-corrected chi connectivity index (χ4v) is 3.44. The van der Waals surface area contributed by atoms with Crippen molar-refractivity contribution >= 4 is 0 Å². The Kier molecular flexibility index (Phi) is 3.04. The maximum absolute atomic E-state index is 4.17. The molecule has 1 saturated carbocycles. The summed E-state index contributed by atoms with van der Waals surface area (Å²) >= 11 is 0. The number of rotatable bonds is 1. The Hall–Kier alpha value is -0.520. The lowest BCUT2D eigenvalue weighted by Gasteiger charge is -2.22. The Morgan fingerprint density at radius 1 is 1.27 bits per heavy atom. The van der Waals surface area contributed by atoms with E-state index in [1.165, 1.54) is 37.7 Å². The molecule has 0 aliphatic heterocycles. The van der Waals surface area contributed by atoms with Crippen LogP contribution in [0.4, 0.5) is 0 Å². The van der Waals surface area contributed by atoms with Crippen molar-refractivity contribution in [2.24, 2.45) is 17.8 Å². The molecule has 0 unspecified atom stereocenters. The van der Waals surface area contributed by atoms with Crippen molar-refractivity contribution in [2.75, 3.05) is 0 Å². The molecule has 0 aromatic heterocycles. The van der Waals surface area contributed by atoms with Crippen LogP contribution in [0.1, 0.15) is 52.9 Å². The van der Waals surface area contributed by atoms with Gasteiger partial charge in [-0.2, -0.15) is 0 Å². The number of allylic oxidation sites excluding steroid dienone is 3. The summed E-state index contributed by atoms with van der Waals surface area (Å²) in [6.45, 7) is 11.2. The summed E-state index contributed by atoms with van der Waals surface area (Å²) < 4.78 is 0. The van der Waals surface area contributed by atoms with E-state index in [1.807, 2.05) is 5.57 Å². The normalized spacial score (nSPS) is 36.3. The molecule has 2 aliphatic rings. The van der Waals surface area contributed by atoms with Crippen LogP contribution in [-0.2, 0) is 0 Å². The van der Waals surface area contributed by atoms with Crippen LogP contribution in [0.5, 0.6) is 0 Å². The molecular formula is C15H24. The van der Waals surface area contributed by atoms with Gasteiger partial charge in [0.05, 0.1) is 0 Å². The Morgan fingerprint density at radius 3 is 2.67 bits per heavy atom. The molecular weight excluding hydrogens is 180 g/mol. The molecule has 15 heavy (non-hydrogen) atoms. The molecule has 0 saturated heterocycles. The number of fused-ring (bicyclic) bond motifs is 1. The Balaban J connectivity index is 2.21. The van der Waals surface area contributed by atoms with Gasteiger partial charge in [0, 0.05) is 0 Å². The predicted octanol–water partition coefficient (Wildman–Crippen LogP) is 4.73. The molecule has 0 aromatic carbocycles. The second-order valence-electron chi connectivity index (χ2n) is 5.75. The maximum Gasteiger partial charge on any atom is -0.0169 e. The van der Waals surface area contributed by atoms with Crippen molar-refractivity contribution in [3.8, 4) is 0 Å². The molecule has 3 atom stereocenters. The van der Waals surface area contributed by atoms with Gasteiger partial charge < -0.3 is 0 Å². The van der Waals surface area contributed by atoms with Gasteiger partial charge in [0.1, 0.15) is 0 Å². The van der Waals surface area contributed by atoms with Crippen molar-refractivity contribution in [1.82, 2.24) is 0 Å². The topological polar surface area (TPSA) is 0 Å². The van der Waals surface area contributed by atoms with Crippen LogP contribution >= 0.6 is 0 Å². The van der Waals surface area contributed by atoms with Crippen LogP contribution in [0.3, 0.4) is 0 Å². The molecule has 0 amide bonds. The smallest absolute Gasteiger partial charge is 0.0169 e. The molecule has 84 valence electrons. The molecule has 0 aromatic rings. The van der Waals surface area contributed by atoms with Crippen LogP contribution in [0.2, 0.25) is 0 Å². The average Bonchev–Trinajstić information content (AvgIpc) is 2.43. The summed E-state index contributed by atoms with van der Waals surface area (Å²) in [4.78, 5) is 0. The zero-order valence-electron chi connectivity index (χ0n) is 10.5. The van der Waals surface area contributed by atoms with Crippen molar-refractivity contribution in [3.63, 3.8) is 0 Å². The first-order valence-electron chi connectivity index (χ1n) is 6.43. The van der Waals surface area contributed by atoms with E-state index in [4.69, 9.17) is 0 Å². The van der Waals surface area contributed by atoms with Crippen LogP contribution < -0.4 is 0 Å². The highest BCUT2D eigenvalue weighted by atomic mass is 14.4. The third-order valence-electron chi connectivity index (χ3n) is 4.65. The summed E-state index contributed by atoms with van der Waals surface area (Å²) in [5, 5.41) is 0. The quantitative estimate of drug-likeness (QED) is 0.542. The molecule has 0 N–H and O–H groups in total. The van der Waals surface area contributed by atoms with Gasteiger partial charge in [0.15, 0.2) is 0 Å². The molecule has 1 fully saturated rings. The van der Waals surface area contributed by atoms with Gasteiger partial charge in [-0.3, -0.25) is 0 Å². The van der Waals surface area contributed by atoms with Gasteiger partial charge in [0.25, 0.3) is 0 Å². The SMILES string of the molecule is C=C(C)[C@H]1CCC(C)=C2CC[C@@H](C)[C@@H]2C1. The molecule has 2 aliphatic carbocycles. The largest absolute Gasteiger partial charge is 0.0999 e. The maximum atomic E-state index is 4.17.